The quantitative estimate of drug-likeness (QED) is 0.782. The van der Waals surface area contributed by atoms with E-state index in [2.05, 4.69) is 22.9 Å². The van der Waals surface area contributed by atoms with Crippen LogP contribution in [0.15, 0.2) is 47.6 Å². The molecule has 3 heterocycles. The van der Waals surface area contributed by atoms with Gasteiger partial charge in [0.2, 0.25) is 5.72 Å². The molecule has 5 rings (SSSR count). The van der Waals surface area contributed by atoms with Crippen LogP contribution >= 0.6 is 0 Å². The van der Waals surface area contributed by atoms with Gasteiger partial charge in [-0.1, -0.05) is 25.1 Å². The molecule has 3 aliphatic rings. The fourth-order valence-corrected chi connectivity index (χ4v) is 4.70. The Morgan fingerprint density at radius 1 is 1.14 bits per heavy atom. The Labute approximate surface area is 164 Å². The minimum atomic E-state index is -0.459. The Hall–Kier alpha value is -2.73. The molecule has 1 spiro atoms. The minimum Gasteiger partial charge on any atom is -0.508 e. The summed E-state index contributed by atoms with van der Waals surface area (Å²) < 4.78 is 6.59. The van der Waals surface area contributed by atoms with E-state index in [1.165, 1.54) is 12.1 Å². The molecule has 0 amide bonds. The van der Waals surface area contributed by atoms with E-state index >= 15 is 0 Å². The van der Waals surface area contributed by atoms with Crippen LogP contribution in [-0.2, 0) is 0 Å². The number of likely N-dealkylation sites (tertiary alicyclic amines) is 1. The van der Waals surface area contributed by atoms with Gasteiger partial charge in [0.25, 0.3) is 0 Å². The average Bonchev–Trinajstić information content (AvgIpc) is 3.17. The summed E-state index contributed by atoms with van der Waals surface area (Å²) in [5.41, 5.74) is 2.05. The summed E-state index contributed by atoms with van der Waals surface area (Å²) in [4.78, 5) is 2.44. The first-order valence-corrected chi connectivity index (χ1v) is 9.99. The van der Waals surface area contributed by atoms with Gasteiger partial charge in [-0.2, -0.15) is 5.10 Å². The lowest BCUT2D eigenvalue weighted by atomic mass is 9.90. The number of hydrogen-bond donors (Lipinski definition) is 2. The van der Waals surface area contributed by atoms with Crippen molar-refractivity contribution in [3.8, 4) is 17.2 Å². The number of hydrazone groups is 1. The van der Waals surface area contributed by atoms with E-state index in [-0.39, 0.29) is 17.5 Å². The first kappa shape index (κ1) is 17.4. The lowest BCUT2D eigenvalue weighted by Gasteiger charge is -2.51. The molecule has 3 aliphatic heterocycles. The van der Waals surface area contributed by atoms with Gasteiger partial charge < -0.3 is 19.8 Å². The van der Waals surface area contributed by atoms with Gasteiger partial charge in [-0.3, -0.25) is 0 Å². The van der Waals surface area contributed by atoms with Crippen LogP contribution in [0.5, 0.6) is 17.2 Å². The Bertz CT molecular complexity index is 934. The van der Waals surface area contributed by atoms with Crippen LogP contribution in [0.2, 0.25) is 0 Å². The second-order valence-electron chi connectivity index (χ2n) is 7.83. The molecule has 2 aromatic rings. The number of fused-ring (bicyclic) bond motifs is 4. The molecule has 1 saturated heterocycles. The fourth-order valence-electron chi connectivity index (χ4n) is 4.70. The van der Waals surface area contributed by atoms with Crippen molar-refractivity contribution in [2.24, 2.45) is 5.10 Å². The highest BCUT2D eigenvalue weighted by atomic mass is 16.5. The minimum absolute atomic E-state index is 0.0786. The van der Waals surface area contributed by atoms with E-state index in [0.29, 0.717) is 12.0 Å². The van der Waals surface area contributed by atoms with Crippen LogP contribution in [0.3, 0.4) is 0 Å². The molecule has 6 nitrogen and oxygen atoms in total. The molecule has 2 N–H and O–H groups in total. The monoisotopic (exact) mass is 379 g/mol. The maximum atomic E-state index is 10.3. The molecular weight excluding hydrogens is 354 g/mol. The molecule has 6 heteroatoms. The van der Waals surface area contributed by atoms with E-state index < -0.39 is 5.72 Å². The number of hydrogen-bond acceptors (Lipinski definition) is 6. The third-order valence-corrected chi connectivity index (χ3v) is 6.28. The molecule has 1 fully saturated rings. The van der Waals surface area contributed by atoms with Gasteiger partial charge >= 0.3 is 0 Å². The second kappa shape index (κ2) is 6.41. The third kappa shape index (κ3) is 2.63. The van der Waals surface area contributed by atoms with Crippen molar-refractivity contribution in [1.82, 2.24) is 9.91 Å². The number of rotatable bonds is 2. The first-order valence-electron chi connectivity index (χ1n) is 9.99. The molecule has 0 unspecified atom stereocenters. The molecule has 1 atom stereocenters. The number of ether oxygens (including phenoxy) is 1. The topological polar surface area (TPSA) is 68.5 Å². The van der Waals surface area contributed by atoms with Crippen molar-refractivity contribution in [1.29, 1.82) is 0 Å². The summed E-state index contributed by atoms with van der Waals surface area (Å²) in [5.74, 6) is 1.20. The SMILES string of the molecule is CCN1CCC2(CC1)Oc1ccccc1[C@@H]1CC(c3cc(O)ccc3O)=NN12. The Kier molecular flexibility index (Phi) is 3.98. The molecule has 0 saturated carbocycles. The molecule has 0 aliphatic carbocycles. The largest absolute Gasteiger partial charge is 0.508 e. The normalized spacial score (nSPS) is 23.1. The highest BCUT2D eigenvalue weighted by molar-refractivity contribution is 6.04. The van der Waals surface area contributed by atoms with Gasteiger partial charge in [0.05, 0.1) is 11.8 Å². The van der Waals surface area contributed by atoms with E-state index in [9.17, 15) is 10.2 Å². The van der Waals surface area contributed by atoms with Crippen molar-refractivity contribution in [2.45, 2.75) is 38.0 Å². The predicted molar refractivity (Wildman–Crippen MR) is 107 cm³/mol. The summed E-state index contributed by atoms with van der Waals surface area (Å²) in [6.07, 6.45) is 2.44. The Morgan fingerprint density at radius 3 is 2.71 bits per heavy atom. The number of phenols is 2. The van der Waals surface area contributed by atoms with Crippen LogP contribution in [0.25, 0.3) is 0 Å². The number of nitrogens with zero attached hydrogens (tertiary/aromatic N) is 3. The first-order chi connectivity index (χ1) is 13.6. The number of aromatic hydroxyl groups is 2. The summed E-state index contributed by atoms with van der Waals surface area (Å²) in [7, 11) is 0. The van der Waals surface area contributed by atoms with Crippen molar-refractivity contribution in [3.05, 3.63) is 53.6 Å². The molecule has 146 valence electrons. The van der Waals surface area contributed by atoms with Crippen molar-refractivity contribution in [3.63, 3.8) is 0 Å². The van der Waals surface area contributed by atoms with Crippen molar-refractivity contribution in [2.75, 3.05) is 19.6 Å². The Morgan fingerprint density at radius 2 is 1.93 bits per heavy atom. The standard InChI is InChI=1S/C22H25N3O3/c1-2-24-11-9-22(10-12-24)25-19(16-5-3-4-6-21(16)28-22)14-18(23-25)17-13-15(26)7-8-20(17)27/h3-8,13,19,26-27H,2,9-12,14H2,1H3/t19-/m0/s1. The zero-order valence-electron chi connectivity index (χ0n) is 16.0. The smallest absolute Gasteiger partial charge is 0.200 e. The van der Waals surface area contributed by atoms with Crippen LogP contribution in [0.1, 0.15) is 43.4 Å². The molecular formula is C22H25N3O3. The average molecular weight is 379 g/mol. The summed E-state index contributed by atoms with van der Waals surface area (Å²) in [6, 6.07) is 12.9. The van der Waals surface area contributed by atoms with Gasteiger partial charge in [-0.05, 0) is 30.8 Å². The van der Waals surface area contributed by atoms with Gasteiger partial charge in [0.15, 0.2) is 0 Å². The van der Waals surface area contributed by atoms with Crippen LogP contribution in [0.4, 0.5) is 0 Å². The summed E-state index contributed by atoms with van der Waals surface area (Å²) >= 11 is 0. The Balaban J connectivity index is 1.57. The predicted octanol–water partition coefficient (Wildman–Crippen LogP) is 3.45. The number of benzene rings is 2. The maximum absolute atomic E-state index is 10.3. The fraction of sp³-hybridized carbons (Fsp3) is 0.409. The van der Waals surface area contributed by atoms with Crippen molar-refractivity contribution >= 4 is 5.71 Å². The van der Waals surface area contributed by atoms with E-state index in [0.717, 1.165) is 49.5 Å². The molecule has 0 bridgehead atoms. The van der Waals surface area contributed by atoms with E-state index in [1.807, 2.05) is 18.2 Å². The van der Waals surface area contributed by atoms with E-state index in [4.69, 9.17) is 9.84 Å². The molecule has 0 aromatic heterocycles. The molecule has 2 aromatic carbocycles. The van der Waals surface area contributed by atoms with Crippen LogP contribution < -0.4 is 4.74 Å². The highest BCUT2D eigenvalue weighted by Gasteiger charge is 2.51. The number of para-hydroxylation sites is 1. The third-order valence-electron chi connectivity index (χ3n) is 6.28. The van der Waals surface area contributed by atoms with Crippen molar-refractivity contribution < 1.29 is 14.9 Å². The van der Waals surface area contributed by atoms with Gasteiger partial charge in [0, 0.05) is 43.5 Å². The molecule has 0 radical (unpaired) electrons. The van der Waals surface area contributed by atoms with Crippen LogP contribution in [0, 0.1) is 0 Å². The maximum Gasteiger partial charge on any atom is 0.200 e. The van der Waals surface area contributed by atoms with Gasteiger partial charge in [-0.15, -0.1) is 0 Å². The lowest BCUT2D eigenvalue weighted by Crippen LogP contribution is -2.59. The van der Waals surface area contributed by atoms with Crippen LogP contribution in [-0.4, -0.2) is 51.2 Å². The van der Waals surface area contributed by atoms with Gasteiger partial charge in [0.1, 0.15) is 17.2 Å². The zero-order valence-corrected chi connectivity index (χ0v) is 16.0. The zero-order chi connectivity index (χ0) is 19.3. The van der Waals surface area contributed by atoms with Gasteiger partial charge in [-0.25, -0.2) is 5.01 Å². The number of piperidine rings is 1. The second-order valence-corrected chi connectivity index (χ2v) is 7.83. The summed E-state index contributed by atoms with van der Waals surface area (Å²) in [6.45, 7) is 5.19. The van der Waals surface area contributed by atoms with E-state index in [1.54, 1.807) is 6.07 Å². The highest BCUT2D eigenvalue weighted by Crippen LogP contribution is 2.50. The number of phenolic OH excluding ortho intramolecular Hbond substituents is 2. The lowest BCUT2D eigenvalue weighted by molar-refractivity contribution is -0.149. The molecule has 28 heavy (non-hydrogen) atoms. The summed E-state index contributed by atoms with van der Waals surface area (Å²) in [5, 5.41) is 27.3.